The van der Waals surface area contributed by atoms with Gasteiger partial charge in [0.25, 0.3) is 5.91 Å². The van der Waals surface area contributed by atoms with Gasteiger partial charge in [0, 0.05) is 48.7 Å². The summed E-state index contributed by atoms with van der Waals surface area (Å²) < 4.78 is 6.23. The molecule has 1 fully saturated rings. The summed E-state index contributed by atoms with van der Waals surface area (Å²) in [6.45, 7) is 2.63. The van der Waals surface area contributed by atoms with Gasteiger partial charge in [-0.15, -0.1) is 11.3 Å². The zero-order valence-electron chi connectivity index (χ0n) is 14.2. The van der Waals surface area contributed by atoms with Gasteiger partial charge < -0.3 is 14.5 Å². The number of carbonyl (C=O) groups excluding carboxylic acids is 1. The number of aromatic nitrogens is 2. The molecule has 3 heterocycles. The van der Waals surface area contributed by atoms with Crippen molar-refractivity contribution in [3.05, 3.63) is 46.6 Å². The normalized spacial score (nSPS) is 14.7. The van der Waals surface area contributed by atoms with Crippen LogP contribution >= 0.6 is 22.9 Å². The molecular formula is C18H17ClN4O2S. The van der Waals surface area contributed by atoms with Crippen molar-refractivity contribution >= 4 is 44.9 Å². The first-order valence-corrected chi connectivity index (χ1v) is 9.44. The maximum absolute atomic E-state index is 13.0. The smallest absolute Gasteiger partial charge is 0.265 e. The van der Waals surface area contributed by atoms with Gasteiger partial charge in [-0.1, -0.05) is 11.6 Å². The molecule has 0 N–H and O–H groups in total. The van der Waals surface area contributed by atoms with E-state index in [9.17, 15) is 4.79 Å². The SMILES string of the molecule is COc1ccc2sc(C(=O)N3CCN(c4ncccn4)CC3)c(Cl)c2c1. The molecule has 0 unspecified atom stereocenters. The minimum atomic E-state index is -0.0243. The number of carbonyl (C=O) groups is 1. The molecule has 0 atom stereocenters. The summed E-state index contributed by atoms with van der Waals surface area (Å²) in [6.07, 6.45) is 3.45. The van der Waals surface area contributed by atoms with Gasteiger partial charge in [-0.25, -0.2) is 9.97 Å². The molecule has 0 bridgehead atoms. The lowest BCUT2D eigenvalue weighted by atomic mass is 10.2. The van der Waals surface area contributed by atoms with E-state index in [1.165, 1.54) is 11.3 Å². The highest BCUT2D eigenvalue weighted by Gasteiger charge is 2.27. The minimum absolute atomic E-state index is 0.0243. The highest BCUT2D eigenvalue weighted by molar-refractivity contribution is 7.21. The van der Waals surface area contributed by atoms with Crippen LogP contribution in [0.15, 0.2) is 36.7 Å². The fourth-order valence-electron chi connectivity index (χ4n) is 3.02. The fraction of sp³-hybridized carbons (Fsp3) is 0.278. The number of hydrogen-bond donors (Lipinski definition) is 0. The van der Waals surface area contributed by atoms with Crippen LogP contribution in [-0.4, -0.2) is 54.1 Å². The maximum atomic E-state index is 13.0. The molecule has 1 aliphatic heterocycles. The summed E-state index contributed by atoms with van der Waals surface area (Å²) in [5.74, 6) is 1.41. The monoisotopic (exact) mass is 388 g/mol. The van der Waals surface area contributed by atoms with Crippen LogP contribution in [0.4, 0.5) is 5.95 Å². The molecule has 6 nitrogen and oxygen atoms in total. The third-order valence-electron chi connectivity index (χ3n) is 4.43. The van der Waals surface area contributed by atoms with Crippen LogP contribution in [0.25, 0.3) is 10.1 Å². The van der Waals surface area contributed by atoms with Crippen molar-refractivity contribution in [2.24, 2.45) is 0 Å². The zero-order chi connectivity index (χ0) is 18.1. The molecule has 0 aliphatic carbocycles. The number of nitrogens with zero attached hydrogens (tertiary/aromatic N) is 4. The van der Waals surface area contributed by atoms with Gasteiger partial charge >= 0.3 is 0 Å². The number of thiophene rings is 1. The molecule has 1 aromatic carbocycles. The second-order valence-corrected chi connectivity index (χ2v) is 7.37. The number of fused-ring (bicyclic) bond motifs is 1. The number of benzene rings is 1. The van der Waals surface area contributed by atoms with E-state index in [1.54, 1.807) is 25.6 Å². The molecule has 1 saturated heterocycles. The molecule has 8 heteroatoms. The van der Waals surface area contributed by atoms with Crippen LogP contribution in [0.5, 0.6) is 5.75 Å². The molecule has 4 rings (SSSR count). The van der Waals surface area contributed by atoms with E-state index in [-0.39, 0.29) is 5.91 Å². The first kappa shape index (κ1) is 17.1. The highest BCUT2D eigenvalue weighted by Crippen LogP contribution is 2.38. The van der Waals surface area contributed by atoms with Crippen molar-refractivity contribution in [2.45, 2.75) is 0 Å². The molecule has 3 aromatic rings. The average molecular weight is 389 g/mol. The second-order valence-electron chi connectivity index (χ2n) is 5.94. The highest BCUT2D eigenvalue weighted by atomic mass is 35.5. The zero-order valence-corrected chi connectivity index (χ0v) is 15.8. The van der Waals surface area contributed by atoms with E-state index >= 15 is 0 Å². The summed E-state index contributed by atoms with van der Waals surface area (Å²) in [7, 11) is 1.61. The Morgan fingerprint density at radius 1 is 1.19 bits per heavy atom. The van der Waals surface area contributed by atoms with E-state index < -0.39 is 0 Å². The Balaban J connectivity index is 1.52. The molecule has 1 amide bonds. The van der Waals surface area contributed by atoms with Crippen LogP contribution in [-0.2, 0) is 0 Å². The number of rotatable bonds is 3. The quantitative estimate of drug-likeness (QED) is 0.688. The van der Waals surface area contributed by atoms with Crippen LogP contribution < -0.4 is 9.64 Å². The summed E-state index contributed by atoms with van der Waals surface area (Å²) in [4.78, 5) is 26.0. The lowest BCUT2D eigenvalue weighted by molar-refractivity contribution is 0.0751. The van der Waals surface area contributed by atoms with Crippen molar-refractivity contribution in [2.75, 3.05) is 38.2 Å². The van der Waals surface area contributed by atoms with Crippen molar-refractivity contribution in [3.63, 3.8) is 0 Å². The van der Waals surface area contributed by atoms with Crippen LogP contribution in [0.2, 0.25) is 5.02 Å². The molecule has 1 aliphatic rings. The lowest BCUT2D eigenvalue weighted by Gasteiger charge is -2.34. The number of piperazine rings is 1. The first-order chi connectivity index (χ1) is 12.7. The molecule has 134 valence electrons. The third-order valence-corrected chi connectivity index (χ3v) is 6.09. The molecule has 0 saturated carbocycles. The van der Waals surface area contributed by atoms with E-state index in [2.05, 4.69) is 14.9 Å². The maximum Gasteiger partial charge on any atom is 0.265 e. The van der Waals surface area contributed by atoms with Gasteiger partial charge in [-0.2, -0.15) is 0 Å². The third kappa shape index (κ3) is 3.08. The van der Waals surface area contributed by atoms with Crippen LogP contribution in [0.3, 0.4) is 0 Å². The second kappa shape index (κ2) is 7.09. The molecule has 0 spiro atoms. The van der Waals surface area contributed by atoms with Gasteiger partial charge in [-0.05, 0) is 24.3 Å². The van der Waals surface area contributed by atoms with Gasteiger partial charge in [-0.3, -0.25) is 4.79 Å². The van der Waals surface area contributed by atoms with E-state index in [0.717, 1.165) is 15.8 Å². The minimum Gasteiger partial charge on any atom is -0.497 e. The Labute approximate surface area is 160 Å². The topological polar surface area (TPSA) is 58.6 Å². The lowest BCUT2D eigenvalue weighted by Crippen LogP contribution is -2.49. The molecular weight excluding hydrogens is 372 g/mol. The van der Waals surface area contributed by atoms with Crippen molar-refractivity contribution < 1.29 is 9.53 Å². The first-order valence-electron chi connectivity index (χ1n) is 8.24. The number of ether oxygens (including phenoxy) is 1. The van der Waals surface area contributed by atoms with Gasteiger partial charge in [0.1, 0.15) is 10.6 Å². The molecule has 2 aromatic heterocycles. The Hall–Kier alpha value is -2.38. The summed E-state index contributed by atoms with van der Waals surface area (Å²) in [6, 6.07) is 7.48. The average Bonchev–Trinajstić information content (AvgIpc) is 3.04. The Bertz CT molecular complexity index is 939. The van der Waals surface area contributed by atoms with Crippen LogP contribution in [0.1, 0.15) is 9.67 Å². The van der Waals surface area contributed by atoms with Gasteiger partial charge in [0.2, 0.25) is 5.95 Å². The molecule has 0 radical (unpaired) electrons. The van der Waals surface area contributed by atoms with Crippen molar-refractivity contribution in [1.29, 1.82) is 0 Å². The standard InChI is InChI=1S/C18H17ClN4O2S/c1-25-12-3-4-14-13(11-12)15(19)16(26-14)17(24)22-7-9-23(10-8-22)18-20-5-2-6-21-18/h2-6,11H,7-10H2,1H3. The summed E-state index contributed by atoms with van der Waals surface area (Å²) >= 11 is 7.93. The molecule has 26 heavy (non-hydrogen) atoms. The van der Waals surface area contributed by atoms with Crippen LogP contribution in [0, 0.1) is 0 Å². The van der Waals surface area contributed by atoms with Gasteiger partial charge in [0.15, 0.2) is 0 Å². The number of hydrogen-bond acceptors (Lipinski definition) is 6. The fourth-order valence-corrected chi connectivity index (χ4v) is 4.47. The number of anilines is 1. The number of amides is 1. The number of halogens is 1. The van der Waals surface area contributed by atoms with Crippen molar-refractivity contribution in [1.82, 2.24) is 14.9 Å². The summed E-state index contributed by atoms with van der Waals surface area (Å²) in [5.41, 5.74) is 0. The van der Waals surface area contributed by atoms with Crippen molar-refractivity contribution in [3.8, 4) is 5.75 Å². The predicted molar refractivity (Wildman–Crippen MR) is 104 cm³/mol. The van der Waals surface area contributed by atoms with E-state index in [4.69, 9.17) is 16.3 Å². The van der Waals surface area contributed by atoms with E-state index in [1.807, 2.05) is 23.1 Å². The number of methoxy groups -OCH3 is 1. The Morgan fingerprint density at radius 3 is 2.62 bits per heavy atom. The van der Waals surface area contributed by atoms with Gasteiger partial charge in [0.05, 0.1) is 12.1 Å². The predicted octanol–water partition coefficient (Wildman–Crippen LogP) is 3.32. The Morgan fingerprint density at radius 2 is 1.92 bits per heavy atom. The van der Waals surface area contributed by atoms with E-state index in [0.29, 0.717) is 42.0 Å². The summed E-state index contributed by atoms with van der Waals surface area (Å²) in [5, 5.41) is 1.36. The Kier molecular flexibility index (Phi) is 4.65. The largest absolute Gasteiger partial charge is 0.497 e.